The van der Waals surface area contributed by atoms with E-state index in [0.29, 0.717) is 12.2 Å². The van der Waals surface area contributed by atoms with Crippen molar-refractivity contribution in [1.29, 1.82) is 0 Å². The van der Waals surface area contributed by atoms with Gasteiger partial charge in [0.1, 0.15) is 0 Å². The van der Waals surface area contributed by atoms with Crippen molar-refractivity contribution in [1.82, 2.24) is 4.90 Å². The molecule has 0 radical (unpaired) electrons. The lowest BCUT2D eigenvalue weighted by Gasteiger charge is -2.49. The molecule has 0 N–H and O–H groups in total. The van der Waals surface area contributed by atoms with Crippen LogP contribution < -0.4 is 0 Å². The maximum absolute atomic E-state index is 5.68. The predicted octanol–water partition coefficient (Wildman–Crippen LogP) is 9.51. The molecule has 2 unspecified atom stereocenters. The number of nitrogens with zero attached hydrogens (tertiary/aromatic N) is 1. The van der Waals surface area contributed by atoms with E-state index in [9.17, 15) is 0 Å². The molecule has 5 fully saturated rings. The topological polar surface area (TPSA) is 21.7 Å². The molecule has 5 saturated carbocycles. The molecule has 0 heterocycles. The van der Waals surface area contributed by atoms with Crippen LogP contribution in [-0.2, 0) is 9.47 Å². The van der Waals surface area contributed by atoms with Gasteiger partial charge in [0.2, 0.25) is 0 Å². The molecule has 2 atom stereocenters. The molecule has 0 saturated heterocycles. The molecular formula is C37H63NO2. The van der Waals surface area contributed by atoms with E-state index < -0.39 is 0 Å². The van der Waals surface area contributed by atoms with Gasteiger partial charge in [0.25, 0.3) is 0 Å². The first-order valence-corrected chi connectivity index (χ1v) is 17.8. The number of ether oxygens (including phenoxy) is 2. The average Bonchev–Trinajstić information content (AvgIpc) is 3.01. The van der Waals surface area contributed by atoms with Gasteiger partial charge in [-0.1, -0.05) is 37.6 Å². The molecule has 3 nitrogen and oxygen atoms in total. The van der Waals surface area contributed by atoms with Crippen molar-refractivity contribution in [3.05, 3.63) is 24.3 Å². The number of allylic oxidation sites excluding steroid dienone is 4. The number of methoxy groups -OCH3 is 2. The second kappa shape index (κ2) is 15.7. The molecule has 3 heteroatoms. The largest absolute Gasteiger partial charge is 0.381 e. The fourth-order valence-corrected chi connectivity index (χ4v) is 9.33. The molecule has 0 aromatic carbocycles. The zero-order valence-electron chi connectivity index (χ0n) is 26.5. The van der Waals surface area contributed by atoms with E-state index in [1.165, 1.54) is 128 Å². The Hall–Kier alpha value is -0.640. The van der Waals surface area contributed by atoms with Gasteiger partial charge in [-0.25, -0.2) is 0 Å². The molecule has 0 spiro atoms. The standard InChI is InChI=1S/C37H63NO2/c1-28-7-19-33(20-8-28)38(34-21-13-29(14-22-34)9-10-31-17-25-36(39-2)26-18-31)35-23-15-30(16-24-35)11-12-32-5-4-6-37(27-32)40-3/h9-12,28-37H,4-8,13-27H2,1-3H3/b10-9+,12-11+. The third-order valence-corrected chi connectivity index (χ3v) is 12.1. The zero-order chi connectivity index (χ0) is 27.7. The Morgan fingerprint density at radius 1 is 0.450 bits per heavy atom. The van der Waals surface area contributed by atoms with Crippen LogP contribution in [0.2, 0.25) is 0 Å². The minimum atomic E-state index is 0.493. The van der Waals surface area contributed by atoms with E-state index in [-0.39, 0.29) is 0 Å². The Morgan fingerprint density at radius 2 is 0.875 bits per heavy atom. The minimum Gasteiger partial charge on any atom is -0.381 e. The number of rotatable bonds is 9. The van der Waals surface area contributed by atoms with E-state index in [4.69, 9.17) is 9.47 Å². The van der Waals surface area contributed by atoms with Crippen LogP contribution in [0.25, 0.3) is 0 Å². The third kappa shape index (κ3) is 8.70. The molecule has 0 amide bonds. The zero-order valence-corrected chi connectivity index (χ0v) is 26.5. The van der Waals surface area contributed by atoms with E-state index in [0.717, 1.165) is 47.7 Å². The van der Waals surface area contributed by atoms with Crippen LogP contribution in [0.15, 0.2) is 24.3 Å². The summed E-state index contributed by atoms with van der Waals surface area (Å²) in [4.78, 5) is 3.15. The van der Waals surface area contributed by atoms with Crippen LogP contribution in [0.1, 0.15) is 135 Å². The van der Waals surface area contributed by atoms with Gasteiger partial charge in [-0.3, -0.25) is 4.90 Å². The van der Waals surface area contributed by atoms with Crippen molar-refractivity contribution in [3.63, 3.8) is 0 Å². The Morgan fingerprint density at radius 3 is 1.35 bits per heavy atom. The Bertz CT molecular complexity index is 761. The number of hydrogen-bond donors (Lipinski definition) is 0. The second-order valence-electron chi connectivity index (χ2n) is 14.8. The van der Waals surface area contributed by atoms with Gasteiger partial charge in [0.05, 0.1) is 12.2 Å². The quantitative estimate of drug-likeness (QED) is 0.265. The molecule has 0 aliphatic heterocycles. The van der Waals surface area contributed by atoms with Crippen LogP contribution in [0, 0.1) is 29.6 Å². The van der Waals surface area contributed by atoms with E-state index >= 15 is 0 Å². The van der Waals surface area contributed by atoms with Crippen molar-refractivity contribution in [2.75, 3.05) is 14.2 Å². The van der Waals surface area contributed by atoms with Gasteiger partial charge in [-0.05, 0) is 152 Å². The highest BCUT2D eigenvalue weighted by atomic mass is 16.5. The van der Waals surface area contributed by atoms with Gasteiger partial charge in [-0.2, -0.15) is 0 Å². The maximum Gasteiger partial charge on any atom is 0.0577 e. The van der Waals surface area contributed by atoms with Gasteiger partial charge >= 0.3 is 0 Å². The first kappa shape index (κ1) is 30.8. The molecule has 40 heavy (non-hydrogen) atoms. The van der Waals surface area contributed by atoms with Crippen LogP contribution in [-0.4, -0.2) is 49.5 Å². The van der Waals surface area contributed by atoms with Crippen molar-refractivity contribution < 1.29 is 9.47 Å². The van der Waals surface area contributed by atoms with Crippen LogP contribution in [0.4, 0.5) is 0 Å². The fourth-order valence-electron chi connectivity index (χ4n) is 9.33. The smallest absolute Gasteiger partial charge is 0.0577 e. The summed E-state index contributed by atoms with van der Waals surface area (Å²) in [6, 6.07) is 2.53. The van der Waals surface area contributed by atoms with Crippen LogP contribution in [0.5, 0.6) is 0 Å². The van der Waals surface area contributed by atoms with Crippen LogP contribution >= 0.6 is 0 Å². The normalized spacial score (nSPS) is 42.1. The number of hydrogen-bond acceptors (Lipinski definition) is 3. The third-order valence-electron chi connectivity index (χ3n) is 12.1. The molecule has 0 aromatic heterocycles. The van der Waals surface area contributed by atoms with E-state index in [1.54, 1.807) is 0 Å². The van der Waals surface area contributed by atoms with Gasteiger partial charge in [0.15, 0.2) is 0 Å². The lowest BCUT2D eigenvalue weighted by molar-refractivity contribution is 0.00945. The average molecular weight is 554 g/mol. The van der Waals surface area contributed by atoms with Crippen molar-refractivity contribution in [3.8, 4) is 0 Å². The molecule has 5 aliphatic carbocycles. The Balaban J connectivity index is 1.12. The first-order valence-electron chi connectivity index (χ1n) is 17.8. The van der Waals surface area contributed by atoms with Crippen molar-refractivity contribution in [2.45, 2.75) is 166 Å². The summed E-state index contributed by atoms with van der Waals surface area (Å²) >= 11 is 0. The monoisotopic (exact) mass is 553 g/mol. The van der Waals surface area contributed by atoms with Gasteiger partial charge in [0, 0.05) is 32.3 Å². The van der Waals surface area contributed by atoms with E-state index in [1.807, 2.05) is 14.2 Å². The first-order chi connectivity index (χ1) is 19.6. The lowest BCUT2D eigenvalue weighted by Crippen LogP contribution is -2.52. The SMILES string of the molecule is COC1CCC(/C=C/C2CCC(N(C3CCC(C)CC3)C3CCC(/C=C/C4CCCC(OC)C4)CC3)CC2)CC1. The van der Waals surface area contributed by atoms with E-state index in [2.05, 4.69) is 36.1 Å². The van der Waals surface area contributed by atoms with Crippen molar-refractivity contribution >= 4 is 0 Å². The molecular weight excluding hydrogens is 490 g/mol. The summed E-state index contributed by atoms with van der Waals surface area (Å²) in [6.45, 7) is 2.48. The Labute approximate surface area is 247 Å². The molecule has 5 aliphatic rings. The lowest BCUT2D eigenvalue weighted by atomic mass is 9.77. The highest BCUT2D eigenvalue weighted by molar-refractivity contribution is 5.01. The summed E-state index contributed by atoms with van der Waals surface area (Å²) in [5.41, 5.74) is 0. The Kier molecular flexibility index (Phi) is 12.1. The molecule has 0 bridgehead atoms. The second-order valence-corrected chi connectivity index (χ2v) is 14.8. The minimum absolute atomic E-state index is 0.493. The highest BCUT2D eigenvalue weighted by Gasteiger charge is 2.37. The predicted molar refractivity (Wildman–Crippen MR) is 169 cm³/mol. The van der Waals surface area contributed by atoms with Crippen molar-refractivity contribution in [2.24, 2.45) is 29.6 Å². The highest BCUT2D eigenvalue weighted by Crippen LogP contribution is 2.40. The maximum atomic E-state index is 5.68. The molecule has 0 aromatic rings. The summed E-state index contributed by atoms with van der Waals surface area (Å²) in [6.07, 6.45) is 39.0. The summed E-state index contributed by atoms with van der Waals surface area (Å²) in [7, 11) is 3.78. The summed E-state index contributed by atoms with van der Waals surface area (Å²) in [5, 5.41) is 0. The summed E-state index contributed by atoms with van der Waals surface area (Å²) < 4.78 is 11.3. The fraction of sp³-hybridized carbons (Fsp3) is 0.892. The summed E-state index contributed by atoms with van der Waals surface area (Å²) in [5.74, 6) is 4.13. The van der Waals surface area contributed by atoms with Gasteiger partial charge < -0.3 is 9.47 Å². The molecule has 5 rings (SSSR count). The van der Waals surface area contributed by atoms with Crippen LogP contribution in [0.3, 0.4) is 0 Å². The van der Waals surface area contributed by atoms with Gasteiger partial charge in [-0.15, -0.1) is 0 Å². The molecule has 228 valence electrons.